The van der Waals surface area contributed by atoms with Crippen molar-refractivity contribution in [3.05, 3.63) is 0 Å². The van der Waals surface area contributed by atoms with Crippen molar-refractivity contribution in [1.82, 2.24) is 5.06 Å². The van der Waals surface area contributed by atoms with Crippen LogP contribution in [0, 0.1) is 5.92 Å². The van der Waals surface area contributed by atoms with Gasteiger partial charge in [-0.1, -0.05) is 32.1 Å². The first-order chi connectivity index (χ1) is 9.11. The van der Waals surface area contributed by atoms with E-state index in [-0.39, 0.29) is 12.6 Å². The smallest absolute Gasteiger partial charge is 0.434 e. The number of hydrogen-bond donors (Lipinski definition) is 2. The van der Waals surface area contributed by atoms with Gasteiger partial charge in [-0.15, -0.1) is 0 Å². The van der Waals surface area contributed by atoms with Crippen molar-refractivity contribution in [1.29, 1.82) is 0 Å². The second kappa shape index (κ2) is 6.54. The Morgan fingerprint density at radius 3 is 2.74 bits per heavy atom. The number of carbonyl (C=O) groups excluding carboxylic acids is 1. The molecule has 0 spiro atoms. The average Bonchev–Trinajstić information content (AvgIpc) is 2.80. The van der Waals surface area contributed by atoms with E-state index in [9.17, 15) is 9.90 Å². The second-order valence-electron chi connectivity index (χ2n) is 5.56. The summed E-state index contributed by atoms with van der Waals surface area (Å²) in [5.41, 5.74) is 6.06. The van der Waals surface area contributed by atoms with Crippen molar-refractivity contribution in [3.8, 4) is 0 Å². The minimum absolute atomic E-state index is 0.231. The van der Waals surface area contributed by atoms with E-state index in [0.717, 1.165) is 11.5 Å². The lowest BCUT2D eigenvalue weighted by molar-refractivity contribution is -0.0777. The molecule has 0 aromatic heterocycles. The predicted octanol–water partition coefficient (Wildman–Crippen LogP) is 1.03. The first-order valence-corrected chi connectivity index (χ1v) is 7.07. The summed E-state index contributed by atoms with van der Waals surface area (Å²) >= 11 is 0. The minimum atomic E-state index is -0.828. The number of rotatable bonds is 5. The van der Waals surface area contributed by atoms with Gasteiger partial charge in [0.15, 0.2) is 6.10 Å². The van der Waals surface area contributed by atoms with Gasteiger partial charge < -0.3 is 15.6 Å². The Balaban J connectivity index is 1.81. The summed E-state index contributed by atoms with van der Waals surface area (Å²) in [6.07, 6.45) is 5.00. The molecule has 2 aliphatic rings. The fourth-order valence-electron chi connectivity index (χ4n) is 3.01. The van der Waals surface area contributed by atoms with Crippen molar-refractivity contribution in [2.24, 2.45) is 11.7 Å². The number of carbonyl (C=O) groups is 1. The summed E-state index contributed by atoms with van der Waals surface area (Å²) in [5, 5.41) is 11.3. The van der Waals surface area contributed by atoms with Gasteiger partial charge in [-0.05, 0) is 12.3 Å². The van der Waals surface area contributed by atoms with E-state index in [1.54, 1.807) is 0 Å². The molecule has 1 unspecified atom stereocenters. The molecule has 0 bridgehead atoms. The van der Waals surface area contributed by atoms with Crippen LogP contribution in [0.1, 0.15) is 38.5 Å². The van der Waals surface area contributed by atoms with E-state index in [1.807, 2.05) is 0 Å². The summed E-state index contributed by atoms with van der Waals surface area (Å²) in [7, 11) is 1.40. The van der Waals surface area contributed by atoms with Crippen molar-refractivity contribution in [2.75, 3.05) is 13.7 Å². The first-order valence-electron chi connectivity index (χ1n) is 7.07. The van der Waals surface area contributed by atoms with E-state index >= 15 is 0 Å². The van der Waals surface area contributed by atoms with Gasteiger partial charge in [-0.2, -0.15) is 5.06 Å². The fraction of sp³-hybridized carbons (Fsp3) is 0.923. The highest BCUT2D eigenvalue weighted by Crippen LogP contribution is 2.28. The first kappa shape index (κ1) is 14.6. The number of amides is 1. The second-order valence-corrected chi connectivity index (χ2v) is 5.56. The predicted molar refractivity (Wildman–Crippen MR) is 69.2 cm³/mol. The van der Waals surface area contributed by atoms with Gasteiger partial charge in [-0.25, -0.2) is 4.79 Å². The van der Waals surface area contributed by atoms with Crippen LogP contribution in [0.15, 0.2) is 0 Å². The van der Waals surface area contributed by atoms with Crippen LogP contribution < -0.4 is 5.73 Å². The van der Waals surface area contributed by atoms with E-state index in [0.29, 0.717) is 5.92 Å². The Hall–Kier alpha value is -0.850. The topological polar surface area (TPSA) is 85.0 Å². The van der Waals surface area contributed by atoms with Gasteiger partial charge in [0.05, 0.1) is 13.7 Å². The largest absolute Gasteiger partial charge is 0.440 e. The van der Waals surface area contributed by atoms with E-state index in [1.165, 1.54) is 39.2 Å². The van der Waals surface area contributed by atoms with E-state index in [2.05, 4.69) is 0 Å². The number of hydrogen-bond acceptors (Lipinski definition) is 5. The van der Waals surface area contributed by atoms with Crippen LogP contribution in [0.4, 0.5) is 4.79 Å². The quantitative estimate of drug-likeness (QED) is 0.780. The molecule has 6 nitrogen and oxygen atoms in total. The molecule has 1 amide bonds. The summed E-state index contributed by atoms with van der Waals surface area (Å²) in [5.74, 6) is 0.592. The fourth-order valence-corrected chi connectivity index (χ4v) is 3.01. The molecule has 3 atom stereocenters. The van der Waals surface area contributed by atoms with Crippen LogP contribution in [0.25, 0.3) is 0 Å². The van der Waals surface area contributed by atoms with Gasteiger partial charge in [0.2, 0.25) is 0 Å². The maximum absolute atomic E-state index is 11.4. The molecule has 1 saturated carbocycles. The van der Waals surface area contributed by atoms with E-state index in [4.69, 9.17) is 15.3 Å². The lowest BCUT2D eigenvalue weighted by Gasteiger charge is -2.28. The molecular formula is C13H24N2O4. The standard InChI is InChI=1S/C13H24N2O4/c1-18-15-8-11(19-13(15)17)12(16)10(14)7-9-5-3-2-4-6-9/h9-12,16H,2-8,14H2,1H3/t10-,11-,12?/m0/s1. The summed E-state index contributed by atoms with van der Waals surface area (Å²) in [4.78, 5) is 16.2. The van der Waals surface area contributed by atoms with Crippen molar-refractivity contribution in [2.45, 2.75) is 56.8 Å². The molecule has 1 heterocycles. The van der Waals surface area contributed by atoms with Crippen LogP contribution in [0.2, 0.25) is 0 Å². The van der Waals surface area contributed by atoms with Crippen LogP contribution in [0.5, 0.6) is 0 Å². The lowest BCUT2D eigenvalue weighted by Crippen LogP contribution is -2.45. The van der Waals surface area contributed by atoms with Crippen molar-refractivity contribution < 1.29 is 19.5 Å². The Bertz CT molecular complexity index is 307. The third kappa shape index (κ3) is 3.58. The molecule has 1 saturated heterocycles. The van der Waals surface area contributed by atoms with Gasteiger partial charge in [0, 0.05) is 6.04 Å². The van der Waals surface area contributed by atoms with Crippen LogP contribution in [0.3, 0.4) is 0 Å². The molecule has 1 aliphatic heterocycles. The number of aliphatic hydroxyl groups excluding tert-OH is 1. The molecule has 3 N–H and O–H groups in total. The summed E-state index contributed by atoms with van der Waals surface area (Å²) < 4.78 is 5.07. The summed E-state index contributed by atoms with van der Waals surface area (Å²) in [6, 6.07) is -0.349. The minimum Gasteiger partial charge on any atom is -0.440 e. The summed E-state index contributed by atoms with van der Waals surface area (Å²) in [6.45, 7) is 0.231. The third-order valence-corrected chi connectivity index (χ3v) is 4.17. The normalized spacial score (nSPS) is 28.3. The number of aliphatic hydroxyl groups is 1. The van der Waals surface area contributed by atoms with Gasteiger partial charge >= 0.3 is 6.09 Å². The zero-order valence-corrected chi connectivity index (χ0v) is 11.5. The lowest BCUT2D eigenvalue weighted by atomic mass is 9.83. The van der Waals surface area contributed by atoms with Gasteiger partial charge in [-0.3, -0.25) is 4.84 Å². The molecule has 0 aromatic carbocycles. The Morgan fingerprint density at radius 1 is 1.47 bits per heavy atom. The zero-order valence-electron chi connectivity index (χ0n) is 11.5. The Morgan fingerprint density at radius 2 is 2.16 bits per heavy atom. The molecule has 6 heteroatoms. The maximum atomic E-state index is 11.4. The number of nitrogens with two attached hydrogens (primary N) is 1. The Kier molecular flexibility index (Phi) is 5.01. The van der Waals surface area contributed by atoms with Gasteiger partial charge in [0.1, 0.15) is 6.10 Å². The molecule has 0 aromatic rings. The number of hydroxylamine groups is 2. The van der Waals surface area contributed by atoms with Crippen LogP contribution >= 0.6 is 0 Å². The number of cyclic esters (lactones) is 1. The van der Waals surface area contributed by atoms with Crippen molar-refractivity contribution >= 4 is 6.09 Å². The highest BCUT2D eigenvalue weighted by molar-refractivity contribution is 5.68. The zero-order chi connectivity index (χ0) is 13.8. The number of ether oxygens (including phenoxy) is 1. The number of nitrogens with zero attached hydrogens (tertiary/aromatic N) is 1. The molecule has 19 heavy (non-hydrogen) atoms. The van der Waals surface area contributed by atoms with E-state index < -0.39 is 18.3 Å². The molecular weight excluding hydrogens is 248 g/mol. The molecule has 1 aliphatic carbocycles. The molecule has 2 rings (SSSR count). The Labute approximate surface area is 113 Å². The van der Waals surface area contributed by atoms with Crippen molar-refractivity contribution in [3.63, 3.8) is 0 Å². The highest BCUT2D eigenvalue weighted by atomic mass is 16.7. The molecule has 110 valence electrons. The molecule has 2 fully saturated rings. The maximum Gasteiger partial charge on any atom is 0.434 e. The average molecular weight is 272 g/mol. The third-order valence-electron chi connectivity index (χ3n) is 4.17. The van der Waals surface area contributed by atoms with Gasteiger partial charge in [0.25, 0.3) is 0 Å². The SMILES string of the molecule is CON1C[C@@H](C(O)[C@@H](N)CC2CCCCC2)OC1=O. The molecule has 0 radical (unpaired) electrons. The highest BCUT2D eigenvalue weighted by Gasteiger charge is 2.39. The monoisotopic (exact) mass is 272 g/mol. The van der Waals surface area contributed by atoms with Crippen LogP contribution in [-0.4, -0.2) is 48.2 Å². The van der Waals surface area contributed by atoms with Crippen LogP contribution in [-0.2, 0) is 9.57 Å².